The first-order chi connectivity index (χ1) is 12.3. The molecule has 1 heterocycles. The first-order valence-electron chi connectivity index (χ1n) is 9.44. The molecule has 138 valence electrons. The van der Waals surface area contributed by atoms with Gasteiger partial charge >= 0.3 is 0 Å². The van der Waals surface area contributed by atoms with Crippen LogP contribution in [0.3, 0.4) is 0 Å². The summed E-state index contributed by atoms with van der Waals surface area (Å²) in [6, 6.07) is 14.3. The predicted molar refractivity (Wildman–Crippen MR) is 107 cm³/mol. The Kier molecular flexibility index (Phi) is 5.30. The van der Waals surface area contributed by atoms with Gasteiger partial charge in [-0.25, -0.2) is 0 Å². The molecule has 0 bridgehead atoms. The van der Waals surface area contributed by atoms with Crippen molar-refractivity contribution in [2.45, 2.75) is 52.9 Å². The topological polar surface area (TPSA) is 39.9 Å². The van der Waals surface area contributed by atoms with Crippen LogP contribution in [0.1, 0.15) is 53.0 Å². The van der Waals surface area contributed by atoms with Crippen LogP contribution in [0.4, 0.5) is 0 Å². The summed E-state index contributed by atoms with van der Waals surface area (Å²) in [6.45, 7) is 11.8. The minimum absolute atomic E-state index is 0.0531. The molecule has 0 aliphatic heterocycles. The Balaban J connectivity index is 1.95. The van der Waals surface area contributed by atoms with E-state index in [0.717, 1.165) is 28.9 Å². The highest BCUT2D eigenvalue weighted by Gasteiger charge is 2.18. The fourth-order valence-corrected chi connectivity index (χ4v) is 2.90. The number of benzene rings is 2. The van der Waals surface area contributed by atoms with Gasteiger partial charge in [-0.15, -0.1) is 15.0 Å². The summed E-state index contributed by atoms with van der Waals surface area (Å²) in [5.74, 6) is 1.53. The molecule has 0 fully saturated rings. The molecule has 4 heteroatoms. The monoisotopic (exact) mass is 351 g/mol. The van der Waals surface area contributed by atoms with Crippen molar-refractivity contribution in [1.82, 2.24) is 15.0 Å². The average Bonchev–Trinajstić information content (AvgIpc) is 3.01. The zero-order chi connectivity index (χ0) is 18.7. The number of rotatable bonds is 6. The van der Waals surface area contributed by atoms with Crippen LogP contribution in [0.5, 0.6) is 5.75 Å². The molecule has 4 nitrogen and oxygen atoms in total. The van der Waals surface area contributed by atoms with Gasteiger partial charge in [0.15, 0.2) is 0 Å². The van der Waals surface area contributed by atoms with E-state index in [9.17, 15) is 0 Å². The molecule has 0 radical (unpaired) electrons. The molecule has 0 spiro atoms. The van der Waals surface area contributed by atoms with E-state index in [1.165, 1.54) is 12.0 Å². The minimum Gasteiger partial charge on any atom is -0.491 e. The Bertz CT molecular complexity index is 841. The fourth-order valence-electron chi connectivity index (χ4n) is 2.90. The quantitative estimate of drug-likeness (QED) is 0.548. The lowest BCUT2D eigenvalue weighted by atomic mass is 9.87. The van der Waals surface area contributed by atoms with Gasteiger partial charge in [-0.2, -0.15) is 0 Å². The summed E-state index contributed by atoms with van der Waals surface area (Å²) in [7, 11) is 0. The SMILES string of the molecule is CC(C)CCCOc1ccc(C(C)(C)C)cc1-n1nc2ccccc2n1. The van der Waals surface area contributed by atoms with Gasteiger partial charge in [0.1, 0.15) is 22.5 Å². The molecule has 26 heavy (non-hydrogen) atoms. The van der Waals surface area contributed by atoms with Crippen LogP contribution in [0, 0.1) is 5.92 Å². The maximum Gasteiger partial charge on any atom is 0.146 e. The van der Waals surface area contributed by atoms with E-state index in [4.69, 9.17) is 4.74 Å². The number of hydrogen-bond donors (Lipinski definition) is 0. The highest BCUT2D eigenvalue weighted by molar-refractivity contribution is 5.73. The second-order valence-electron chi connectivity index (χ2n) is 8.30. The fraction of sp³-hybridized carbons (Fsp3) is 0.455. The van der Waals surface area contributed by atoms with Gasteiger partial charge in [-0.05, 0) is 54.0 Å². The molecule has 0 amide bonds. The Hall–Kier alpha value is -2.36. The van der Waals surface area contributed by atoms with E-state index in [1.807, 2.05) is 24.3 Å². The molecule has 3 rings (SSSR count). The molecule has 0 N–H and O–H groups in total. The van der Waals surface area contributed by atoms with Crippen LogP contribution in [0.15, 0.2) is 42.5 Å². The summed E-state index contributed by atoms with van der Waals surface area (Å²) in [6.07, 6.45) is 2.21. The van der Waals surface area contributed by atoms with Crippen molar-refractivity contribution in [2.24, 2.45) is 5.92 Å². The third-order valence-corrected chi connectivity index (χ3v) is 4.51. The van der Waals surface area contributed by atoms with Crippen LogP contribution in [0.2, 0.25) is 0 Å². The van der Waals surface area contributed by atoms with E-state index in [1.54, 1.807) is 4.80 Å². The second kappa shape index (κ2) is 7.48. The lowest BCUT2D eigenvalue weighted by Gasteiger charge is -2.21. The summed E-state index contributed by atoms with van der Waals surface area (Å²) < 4.78 is 6.10. The Morgan fingerprint density at radius 1 is 1.00 bits per heavy atom. The van der Waals surface area contributed by atoms with Crippen molar-refractivity contribution in [3.63, 3.8) is 0 Å². The zero-order valence-corrected chi connectivity index (χ0v) is 16.5. The van der Waals surface area contributed by atoms with E-state index in [-0.39, 0.29) is 5.41 Å². The molecular weight excluding hydrogens is 322 g/mol. The number of aromatic nitrogens is 3. The molecule has 0 aliphatic carbocycles. The molecule has 0 aliphatic rings. The Morgan fingerprint density at radius 2 is 1.65 bits per heavy atom. The molecule has 2 aromatic carbocycles. The van der Waals surface area contributed by atoms with E-state index < -0.39 is 0 Å². The van der Waals surface area contributed by atoms with Crippen molar-refractivity contribution in [1.29, 1.82) is 0 Å². The zero-order valence-electron chi connectivity index (χ0n) is 16.5. The van der Waals surface area contributed by atoms with Crippen LogP contribution >= 0.6 is 0 Å². The van der Waals surface area contributed by atoms with Crippen LogP contribution in [0.25, 0.3) is 16.7 Å². The Morgan fingerprint density at radius 3 is 2.23 bits per heavy atom. The van der Waals surface area contributed by atoms with E-state index in [2.05, 4.69) is 63.0 Å². The molecule has 0 saturated carbocycles. The second-order valence-corrected chi connectivity index (χ2v) is 8.30. The number of ether oxygens (including phenoxy) is 1. The first kappa shape index (κ1) is 18.4. The molecule has 0 unspecified atom stereocenters. The van der Waals surface area contributed by atoms with Crippen molar-refractivity contribution in [2.75, 3.05) is 6.61 Å². The third-order valence-electron chi connectivity index (χ3n) is 4.51. The predicted octanol–water partition coefficient (Wildman–Crippen LogP) is 5.53. The van der Waals surface area contributed by atoms with Gasteiger partial charge < -0.3 is 4.74 Å². The normalized spacial score (nSPS) is 12.1. The average molecular weight is 351 g/mol. The summed E-state index contributed by atoms with van der Waals surface area (Å²) in [5.41, 5.74) is 3.97. The lowest BCUT2D eigenvalue weighted by Crippen LogP contribution is -2.13. The van der Waals surface area contributed by atoms with Gasteiger partial charge in [-0.3, -0.25) is 0 Å². The van der Waals surface area contributed by atoms with Crippen molar-refractivity contribution in [3.8, 4) is 11.4 Å². The maximum absolute atomic E-state index is 6.10. The largest absolute Gasteiger partial charge is 0.491 e. The van der Waals surface area contributed by atoms with Gasteiger partial charge in [0, 0.05) is 0 Å². The highest BCUT2D eigenvalue weighted by atomic mass is 16.5. The van der Waals surface area contributed by atoms with E-state index >= 15 is 0 Å². The van der Waals surface area contributed by atoms with Crippen molar-refractivity contribution < 1.29 is 4.74 Å². The number of nitrogens with zero attached hydrogens (tertiary/aromatic N) is 3. The van der Waals surface area contributed by atoms with Gasteiger partial charge in [0.25, 0.3) is 0 Å². The maximum atomic E-state index is 6.10. The Labute approximate surface area is 156 Å². The van der Waals surface area contributed by atoms with Crippen LogP contribution < -0.4 is 4.74 Å². The molecule has 0 atom stereocenters. The van der Waals surface area contributed by atoms with Gasteiger partial charge in [-0.1, -0.05) is 52.8 Å². The summed E-state index contributed by atoms with van der Waals surface area (Å²) in [5, 5.41) is 9.30. The molecule has 1 aromatic heterocycles. The number of fused-ring (bicyclic) bond motifs is 1. The smallest absolute Gasteiger partial charge is 0.146 e. The van der Waals surface area contributed by atoms with Crippen LogP contribution in [-0.2, 0) is 5.41 Å². The summed E-state index contributed by atoms with van der Waals surface area (Å²) >= 11 is 0. The summed E-state index contributed by atoms with van der Waals surface area (Å²) in [4.78, 5) is 1.71. The van der Waals surface area contributed by atoms with Gasteiger partial charge in [0.2, 0.25) is 0 Å². The lowest BCUT2D eigenvalue weighted by molar-refractivity contribution is 0.295. The number of hydrogen-bond acceptors (Lipinski definition) is 3. The first-order valence-corrected chi connectivity index (χ1v) is 9.44. The molecule has 0 saturated heterocycles. The molecular formula is C22H29N3O. The van der Waals surface area contributed by atoms with Crippen molar-refractivity contribution in [3.05, 3.63) is 48.0 Å². The van der Waals surface area contributed by atoms with E-state index in [0.29, 0.717) is 12.5 Å². The third kappa shape index (κ3) is 4.24. The van der Waals surface area contributed by atoms with Crippen LogP contribution in [-0.4, -0.2) is 21.6 Å². The van der Waals surface area contributed by atoms with Gasteiger partial charge in [0.05, 0.1) is 6.61 Å². The minimum atomic E-state index is 0.0531. The molecule has 3 aromatic rings. The standard InChI is InChI=1S/C22H29N3O/c1-16(2)9-8-14-26-21-13-12-17(22(3,4)5)15-20(21)25-23-18-10-6-7-11-19(18)24-25/h6-7,10-13,15-16H,8-9,14H2,1-5H3. The van der Waals surface area contributed by atoms with Crippen molar-refractivity contribution >= 4 is 11.0 Å². The highest BCUT2D eigenvalue weighted by Crippen LogP contribution is 2.30.